The van der Waals surface area contributed by atoms with E-state index in [1.165, 1.54) is 11.1 Å². The number of hydrogen-bond donors (Lipinski definition) is 2. The molecule has 1 aliphatic rings. The van der Waals surface area contributed by atoms with Crippen molar-refractivity contribution in [2.45, 2.75) is 20.3 Å². The molecule has 0 spiro atoms. The minimum atomic E-state index is -0.0237. The predicted octanol–water partition coefficient (Wildman–Crippen LogP) is 1.98. The highest BCUT2D eigenvalue weighted by molar-refractivity contribution is 5.91. The van der Waals surface area contributed by atoms with Crippen molar-refractivity contribution < 1.29 is 4.79 Å². The number of hydrogen-bond acceptors (Lipinski definition) is 2. The molecule has 0 radical (unpaired) electrons. The van der Waals surface area contributed by atoms with Gasteiger partial charge >= 0.3 is 0 Å². The van der Waals surface area contributed by atoms with E-state index in [-0.39, 0.29) is 5.91 Å². The van der Waals surface area contributed by atoms with Gasteiger partial charge in [0, 0.05) is 17.5 Å². The van der Waals surface area contributed by atoms with E-state index in [0.29, 0.717) is 6.54 Å². The van der Waals surface area contributed by atoms with Crippen molar-refractivity contribution in [2.24, 2.45) is 0 Å². The highest BCUT2D eigenvalue weighted by atomic mass is 16.1. The van der Waals surface area contributed by atoms with Crippen LogP contribution in [0.1, 0.15) is 18.1 Å². The number of amides is 1. The summed E-state index contributed by atoms with van der Waals surface area (Å²) in [6.45, 7) is 4.85. The molecule has 1 heterocycles. The topological polar surface area (TPSA) is 41.1 Å². The van der Waals surface area contributed by atoms with Crippen LogP contribution in [-0.4, -0.2) is 12.5 Å². The molecule has 0 saturated carbocycles. The third-order valence-electron chi connectivity index (χ3n) is 2.79. The summed E-state index contributed by atoms with van der Waals surface area (Å²) in [6, 6.07) is 6.29. The fraction of sp³-hybridized carbons (Fsp3) is 0.308. The molecule has 0 aliphatic carbocycles. The van der Waals surface area contributed by atoms with Crippen molar-refractivity contribution in [3.63, 3.8) is 0 Å². The van der Waals surface area contributed by atoms with Gasteiger partial charge in [-0.15, -0.1) is 0 Å². The van der Waals surface area contributed by atoms with Gasteiger partial charge in [0.2, 0.25) is 5.91 Å². The number of carbonyl (C=O) groups is 1. The summed E-state index contributed by atoms with van der Waals surface area (Å²) >= 11 is 0. The summed E-state index contributed by atoms with van der Waals surface area (Å²) in [4.78, 5) is 11.0. The predicted molar refractivity (Wildman–Crippen MR) is 65.3 cm³/mol. The van der Waals surface area contributed by atoms with Gasteiger partial charge in [-0.25, -0.2) is 0 Å². The average Bonchev–Trinajstić information content (AvgIpc) is 2.64. The first-order valence-electron chi connectivity index (χ1n) is 5.54. The molecule has 1 aromatic rings. The third-order valence-corrected chi connectivity index (χ3v) is 2.79. The number of nitrogens with one attached hydrogen (secondary N) is 2. The zero-order chi connectivity index (χ0) is 11.5. The van der Waals surface area contributed by atoms with Crippen molar-refractivity contribution in [2.75, 3.05) is 11.9 Å². The van der Waals surface area contributed by atoms with Crippen LogP contribution in [0.3, 0.4) is 0 Å². The zero-order valence-electron chi connectivity index (χ0n) is 9.63. The standard InChI is InChI=1S/C13H16N2O/c1-3-10-4-5-11(6-9(10)2)15-12-7-13(16)14-8-12/h4-7,15H,3,8H2,1-2H3,(H,14,16). The molecule has 3 heteroatoms. The smallest absolute Gasteiger partial charge is 0.246 e. The second-order valence-corrected chi connectivity index (χ2v) is 4.01. The number of rotatable bonds is 3. The zero-order valence-corrected chi connectivity index (χ0v) is 9.63. The molecule has 0 saturated heterocycles. The van der Waals surface area contributed by atoms with Crippen molar-refractivity contribution in [3.05, 3.63) is 41.1 Å². The normalized spacial score (nSPS) is 14.6. The van der Waals surface area contributed by atoms with Gasteiger partial charge in [-0.1, -0.05) is 13.0 Å². The van der Waals surface area contributed by atoms with E-state index in [1.54, 1.807) is 6.08 Å². The molecule has 0 aromatic heterocycles. The first-order valence-corrected chi connectivity index (χ1v) is 5.54. The molecule has 16 heavy (non-hydrogen) atoms. The van der Waals surface area contributed by atoms with Crippen molar-refractivity contribution in [1.29, 1.82) is 0 Å². The molecular weight excluding hydrogens is 200 g/mol. The second-order valence-electron chi connectivity index (χ2n) is 4.01. The molecule has 0 bridgehead atoms. The lowest BCUT2D eigenvalue weighted by Crippen LogP contribution is -2.16. The lowest BCUT2D eigenvalue weighted by Gasteiger charge is -2.09. The van der Waals surface area contributed by atoms with Gasteiger partial charge in [0.25, 0.3) is 0 Å². The fourth-order valence-corrected chi connectivity index (χ4v) is 1.88. The maximum atomic E-state index is 11.0. The lowest BCUT2D eigenvalue weighted by atomic mass is 10.1. The maximum absolute atomic E-state index is 11.0. The second kappa shape index (κ2) is 4.39. The van der Waals surface area contributed by atoms with Crippen molar-refractivity contribution in [1.82, 2.24) is 5.32 Å². The average molecular weight is 216 g/mol. The number of anilines is 1. The third kappa shape index (κ3) is 2.24. The Hall–Kier alpha value is -1.77. The van der Waals surface area contributed by atoms with Crippen LogP contribution in [0, 0.1) is 6.92 Å². The summed E-state index contributed by atoms with van der Waals surface area (Å²) in [5.41, 5.74) is 4.61. The minimum Gasteiger partial charge on any atom is -0.357 e. The SMILES string of the molecule is CCc1ccc(NC2=CC(=O)NC2)cc1C. The van der Waals surface area contributed by atoms with Gasteiger partial charge in [-0.2, -0.15) is 0 Å². The van der Waals surface area contributed by atoms with Gasteiger partial charge < -0.3 is 10.6 Å². The molecule has 84 valence electrons. The monoisotopic (exact) mass is 216 g/mol. The Morgan fingerprint density at radius 2 is 2.25 bits per heavy atom. The summed E-state index contributed by atoms with van der Waals surface area (Å²) in [5.74, 6) is -0.0237. The summed E-state index contributed by atoms with van der Waals surface area (Å²) in [6.07, 6.45) is 2.65. The van der Waals surface area contributed by atoms with Crippen LogP contribution < -0.4 is 10.6 Å². The van der Waals surface area contributed by atoms with E-state index in [2.05, 4.69) is 42.7 Å². The maximum Gasteiger partial charge on any atom is 0.246 e. The van der Waals surface area contributed by atoms with Crippen LogP contribution in [0.2, 0.25) is 0 Å². The molecule has 0 fully saturated rings. The van der Waals surface area contributed by atoms with Crippen molar-refractivity contribution >= 4 is 11.6 Å². The van der Waals surface area contributed by atoms with Crippen LogP contribution in [0.5, 0.6) is 0 Å². The largest absolute Gasteiger partial charge is 0.357 e. The van der Waals surface area contributed by atoms with Gasteiger partial charge in [0.15, 0.2) is 0 Å². The van der Waals surface area contributed by atoms with Crippen LogP contribution in [0.15, 0.2) is 30.0 Å². The summed E-state index contributed by atoms with van der Waals surface area (Å²) in [7, 11) is 0. The van der Waals surface area contributed by atoms with Crippen LogP contribution in [0.25, 0.3) is 0 Å². The Kier molecular flexibility index (Phi) is 2.95. The molecule has 1 aromatic carbocycles. The van der Waals surface area contributed by atoms with E-state index in [0.717, 1.165) is 17.8 Å². The van der Waals surface area contributed by atoms with E-state index in [9.17, 15) is 4.79 Å². The van der Waals surface area contributed by atoms with E-state index in [4.69, 9.17) is 0 Å². The van der Waals surface area contributed by atoms with E-state index < -0.39 is 0 Å². The summed E-state index contributed by atoms with van der Waals surface area (Å²) in [5, 5.41) is 5.97. The van der Waals surface area contributed by atoms with Crippen LogP contribution in [-0.2, 0) is 11.2 Å². The van der Waals surface area contributed by atoms with E-state index in [1.807, 2.05) is 0 Å². The van der Waals surface area contributed by atoms with E-state index >= 15 is 0 Å². The Morgan fingerprint density at radius 1 is 1.44 bits per heavy atom. The molecule has 2 rings (SSSR count). The summed E-state index contributed by atoms with van der Waals surface area (Å²) < 4.78 is 0. The fourth-order valence-electron chi connectivity index (χ4n) is 1.88. The quantitative estimate of drug-likeness (QED) is 0.811. The van der Waals surface area contributed by atoms with Gasteiger partial charge in [0.05, 0.1) is 6.54 Å². The Balaban J connectivity index is 2.13. The first-order chi connectivity index (χ1) is 7.69. The number of benzene rings is 1. The Bertz CT molecular complexity index is 449. The molecule has 1 aliphatic heterocycles. The highest BCUT2D eigenvalue weighted by Gasteiger charge is 2.10. The highest BCUT2D eigenvalue weighted by Crippen LogP contribution is 2.17. The molecule has 0 unspecified atom stereocenters. The number of aryl methyl sites for hydroxylation is 2. The van der Waals surface area contributed by atoms with Gasteiger partial charge in [0.1, 0.15) is 0 Å². The minimum absolute atomic E-state index is 0.0237. The van der Waals surface area contributed by atoms with Crippen molar-refractivity contribution in [3.8, 4) is 0 Å². The Labute approximate surface area is 95.6 Å². The molecule has 0 atom stereocenters. The van der Waals surface area contributed by atoms with Crippen LogP contribution >= 0.6 is 0 Å². The number of carbonyl (C=O) groups excluding carboxylic acids is 1. The molecule has 1 amide bonds. The van der Waals surface area contributed by atoms with Crippen LogP contribution in [0.4, 0.5) is 5.69 Å². The molecule has 2 N–H and O–H groups in total. The lowest BCUT2D eigenvalue weighted by molar-refractivity contribution is -0.115. The Morgan fingerprint density at radius 3 is 2.81 bits per heavy atom. The van der Waals surface area contributed by atoms with Gasteiger partial charge in [-0.3, -0.25) is 4.79 Å². The first kappa shape index (κ1) is 10.7. The molecule has 3 nitrogen and oxygen atoms in total. The van der Waals surface area contributed by atoms with Gasteiger partial charge in [-0.05, 0) is 36.6 Å². The molecular formula is C13H16N2O.